The summed E-state index contributed by atoms with van der Waals surface area (Å²) in [5.74, 6) is 0.548. The summed E-state index contributed by atoms with van der Waals surface area (Å²) in [7, 11) is 1.76. The number of pyridine rings is 1. The van der Waals surface area contributed by atoms with Gasteiger partial charge in [-0.3, -0.25) is 9.98 Å². The van der Waals surface area contributed by atoms with Crippen molar-refractivity contribution in [2.24, 2.45) is 4.99 Å². The van der Waals surface area contributed by atoms with Crippen LogP contribution in [0.3, 0.4) is 0 Å². The fourth-order valence-corrected chi connectivity index (χ4v) is 2.77. The van der Waals surface area contributed by atoms with E-state index < -0.39 is 0 Å². The third kappa shape index (κ3) is 4.56. The van der Waals surface area contributed by atoms with Crippen LogP contribution in [0.5, 0.6) is 0 Å². The molecule has 0 spiro atoms. The van der Waals surface area contributed by atoms with Gasteiger partial charge in [0.15, 0.2) is 5.96 Å². The summed E-state index contributed by atoms with van der Waals surface area (Å²) in [5.41, 5.74) is 3.18. The van der Waals surface area contributed by atoms with Gasteiger partial charge in [0.1, 0.15) is 5.82 Å². The zero-order valence-electron chi connectivity index (χ0n) is 14.2. The zero-order valence-corrected chi connectivity index (χ0v) is 14.2. The lowest BCUT2D eigenvalue weighted by molar-refractivity contribution is 0.629. The van der Waals surface area contributed by atoms with Crippen molar-refractivity contribution in [1.82, 2.24) is 20.6 Å². The van der Waals surface area contributed by atoms with E-state index in [4.69, 9.17) is 0 Å². The summed E-state index contributed by atoms with van der Waals surface area (Å²) < 4.78 is 13.2. The summed E-state index contributed by atoms with van der Waals surface area (Å²) in [6.07, 6.45) is 7.30. The number of hydrogen-bond donors (Lipinski definition) is 3. The highest BCUT2D eigenvalue weighted by molar-refractivity contribution is 5.83. The lowest BCUT2D eigenvalue weighted by Gasteiger charge is -2.11. The average Bonchev–Trinajstić information content (AvgIpc) is 3.03. The predicted molar refractivity (Wildman–Crippen MR) is 99.3 cm³/mol. The molecule has 0 fully saturated rings. The molecule has 2 aromatic heterocycles. The first-order valence-electron chi connectivity index (χ1n) is 8.35. The number of aromatic amines is 1. The molecule has 130 valence electrons. The highest BCUT2D eigenvalue weighted by Gasteiger charge is 2.05. The molecular weight excluding hydrogens is 317 g/mol. The molecule has 1 aromatic carbocycles. The van der Waals surface area contributed by atoms with Gasteiger partial charge in [0.05, 0.1) is 0 Å². The molecule has 0 unspecified atom stereocenters. The van der Waals surface area contributed by atoms with Gasteiger partial charge in [-0.15, -0.1) is 0 Å². The number of fused-ring (bicyclic) bond motifs is 1. The van der Waals surface area contributed by atoms with Gasteiger partial charge in [0.2, 0.25) is 0 Å². The Labute approximate surface area is 146 Å². The van der Waals surface area contributed by atoms with E-state index in [1.54, 1.807) is 13.2 Å². The second kappa shape index (κ2) is 8.28. The summed E-state index contributed by atoms with van der Waals surface area (Å²) in [5, 5.41) is 7.66. The van der Waals surface area contributed by atoms with E-state index in [-0.39, 0.29) is 5.82 Å². The third-order valence-electron chi connectivity index (χ3n) is 4.07. The van der Waals surface area contributed by atoms with Crippen LogP contribution in [-0.2, 0) is 12.8 Å². The van der Waals surface area contributed by atoms with E-state index in [2.05, 4.69) is 31.7 Å². The number of aromatic nitrogens is 2. The van der Waals surface area contributed by atoms with Crippen molar-refractivity contribution >= 4 is 16.9 Å². The number of hydrogen-bond acceptors (Lipinski definition) is 2. The first-order chi connectivity index (χ1) is 12.3. The molecule has 3 aromatic rings. The first-order valence-corrected chi connectivity index (χ1v) is 8.35. The zero-order chi connectivity index (χ0) is 17.5. The molecule has 0 aliphatic carbocycles. The Bertz CT molecular complexity index is 841. The molecule has 0 amide bonds. The highest BCUT2D eigenvalue weighted by atomic mass is 19.1. The molecule has 25 heavy (non-hydrogen) atoms. The Morgan fingerprint density at radius 3 is 2.80 bits per heavy atom. The standard InChI is InChI=1S/C19H22FN5/c1-21-19(23-9-6-14-3-2-8-22-12-14)24-10-7-15-13-25-18-11-16(20)4-5-17(15)18/h2-5,8,11-13,25H,6-7,9-10H2,1H3,(H2,21,23,24). The van der Waals surface area contributed by atoms with Crippen LogP contribution in [0.15, 0.2) is 53.9 Å². The molecule has 6 heteroatoms. The van der Waals surface area contributed by atoms with Gasteiger partial charge in [0.25, 0.3) is 0 Å². The molecule has 5 nitrogen and oxygen atoms in total. The topological polar surface area (TPSA) is 65.1 Å². The maximum atomic E-state index is 13.2. The Hall–Kier alpha value is -2.89. The fraction of sp³-hybridized carbons (Fsp3) is 0.263. The molecule has 3 N–H and O–H groups in total. The number of aliphatic imine (C=N–C) groups is 1. The van der Waals surface area contributed by atoms with Crippen LogP contribution < -0.4 is 10.6 Å². The molecular formula is C19H22FN5. The number of nitrogens with zero attached hydrogens (tertiary/aromatic N) is 2. The maximum absolute atomic E-state index is 13.2. The van der Waals surface area contributed by atoms with Crippen molar-refractivity contribution in [3.63, 3.8) is 0 Å². The van der Waals surface area contributed by atoms with Gasteiger partial charge in [-0.2, -0.15) is 0 Å². The molecule has 2 heterocycles. The molecule has 0 radical (unpaired) electrons. The van der Waals surface area contributed by atoms with E-state index in [1.807, 2.05) is 24.5 Å². The van der Waals surface area contributed by atoms with Gasteiger partial charge >= 0.3 is 0 Å². The first kappa shape index (κ1) is 17.0. The van der Waals surface area contributed by atoms with Gasteiger partial charge in [0, 0.05) is 49.6 Å². The maximum Gasteiger partial charge on any atom is 0.190 e. The van der Waals surface area contributed by atoms with Crippen LogP contribution in [-0.4, -0.2) is 36.1 Å². The van der Waals surface area contributed by atoms with Gasteiger partial charge in [-0.25, -0.2) is 4.39 Å². The van der Waals surface area contributed by atoms with Gasteiger partial charge in [-0.05, 0) is 48.2 Å². The Morgan fingerprint density at radius 1 is 1.20 bits per heavy atom. The van der Waals surface area contributed by atoms with E-state index >= 15 is 0 Å². The van der Waals surface area contributed by atoms with Crippen molar-refractivity contribution in [3.8, 4) is 0 Å². The van der Waals surface area contributed by atoms with E-state index in [0.717, 1.165) is 48.4 Å². The molecule has 0 atom stereocenters. The van der Waals surface area contributed by atoms with Crippen molar-refractivity contribution in [3.05, 3.63) is 65.9 Å². The Morgan fingerprint density at radius 2 is 2.04 bits per heavy atom. The van der Waals surface area contributed by atoms with Crippen molar-refractivity contribution in [2.75, 3.05) is 20.1 Å². The normalized spacial score (nSPS) is 11.7. The molecule has 3 rings (SSSR count). The molecule has 0 aliphatic heterocycles. The number of guanidine groups is 1. The second-order valence-corrected chi connectivity index (χ2v) is 5.79. The lowest BCUT2D eigenvalue weighted by atomic mass is 10.1. The monoisotopic (exact) mass is 339 g/mol. The van der Waals surface area contributed by atoms with Crippen LogP contribution in [0.25, 0.3) is 10.9 Å². The summed E-state index contributed by atoms with van der Waals surface area (Å²) in [6, 6.07) is 8.83. The van der Waals surface area contributed by atoms with E-state index in [9.17, 15) is 4.39 Å². The van der Waals surface area contributed by atoms with Crippen LogP contribution in [0.2, 0.25) is 0 Å². The second-order valence-electron chi connectivity index (χ2n) is 5.79. The van der Waals surface area contributed by atoms with Gasteiger partial charge < -0.3 is 15.6 Å². The Kier molecular flexibility index (Phi) is 5.61. The van der Waals surface area contributed by atoms with Crippen molar-refractivity contribution in [1.29, 1.82) is 0 Å². The van der Waals surface area contributed by atoms with E-state index in [0.29, 0.717) is 0 Å². The number of nitrogens with one attached hydrogen (secondary N) is 3. The Balaban J connectivity index is 1.46. The fourth-order valence-electron chi connectivity index (χ4n) is 2.77. The van der Waals surface area contributed by atoms with Crippen molar-refractivity contribution in [2.45, 2.75) is 12.8 Å². The SMILES string of the molecule is CN=C(NCCc1cccnc1)NCCc1c[nH]c2cc(F)ccc12. The van der Waals surface area contributed by atoms with Crippen LogP contribution in [0, 0.1) is 5.82 Å². The minimum Gasteiger partial charge on any atom is -0.361 e. The summed E-state index contributed by atoms with van der Waals surface area (Å²) >= 11 is 0. The number of rotatable bonds is 6. The smallest absolute Gasteiger partial charge is 0.190 e. The largest absolute Gasteiger partial charge is 0.361 e. The third-order valence-corrected chi connectivity index (χ3v) is 4.07. The van der Waals surface area contributed by atoms with Crippen LogP contribution in [0.1, 0.15) is 11.1 Å². The molecule has 0 saturated heterocycles. The van der Waals surface area contributed by atoms with Crippen molar-refractivity contribution < 1.29 is 4.39 Å². The minimum absolute atomic E-state index is 0.225. The average molecular weight is 339 g/mol. The van der Waals surface area contributed by atoms with Gasteiger partial charge in [-0.1, -0.05) is 6.07 Å². The summed E-state index contributed by atoms with van der Waals surface area (Å²) in [4.78, 5) is 11.5. The van der Waals surface area contributed by atoms with Crippen LogP contribution >= 0.6 is 0 Å². The predicted octanol–water partition coefficient (Wildman–Crippen LogP) is 2.65. The molecule has 0 aliphatic rings. The minimum atomic E-state index is -0.225. The summed E-state index contributed by atoms with van der Waals surface area (Å²) in [6.45, 7) is 1.54. The number of H-pyrrole nitrogens is 1. The molecule has 0 saturated carbocycles. The number of halogens is 1. The number of benzene rings is 1. The molecule has 0 bridgehead atoms. The van der Waals surface area contributed by atoms with E-state index in [1.165, 1.54) is 17.7 Å². The van der Waals surface area contributed by atoms with Crippen LogP contribution in [0.4, 0.5) is 4.39 Å². The lowest BCUT2D eigenvalue weighted by Crippen LogP contribution is -2.39. The quantitative estimate of drug-likeness (QED) is 0.478. The highest BCUT2D eigenvalue weighted by Crippen LogP contribution is 2.19.